The number of nitrogens with zero attached hydrogens (tertiary/aromatic N) is 5. The van der Waals surface area contributed by atoms with Gasteiger partial charge in [-0.05, 0) is 57.5 Å². The van der Waals surface area contributed by atoms with Gasteiger partial charge < -0.3 is 23.2 Å². The van der Waals surface area contributed by atoms with Crippen molar-refractivity contribution in [1.82, 2.24) is 24.5 Å². The van der Waals surface area contributed by atoms with Crippen LogP contribution in [0.5, 0.6) is 0 Å². The number of pyridine rings is 1. The molecule has 1 aliphatic heterocycles. The summed E-state index contributed by atoms with van der Waals surface area (Å²) in [4.78, 5) is 18.9. The van der Waals surface area contributed by atoms with Crippen LogP contribution in [0.4, 0.5) is 13.6 Å². The molecule has 0 spiro atoms. The van der Waals surface area contributed by atoms with Crippen molar-refractivity contribution in [3.8, 4) is 22.7 Å². The Labute approximate surface area is 218 Å². The molecule has 1 amide bonds. The second-order valence-corrected chi connectivity index (χ2v) is 10.4. The molecule has 38 heavy (non-hydrogen) atoms. The molecule has 5 rings (SSSR count). The second kappa shape index (κ2) is 9.79. The Bertz CT molecular complexity index is 1480. The largest absolute Gasteiger partial charge is 0.444 e. The van der Waals surface area contributed by atoms with Crippen molar-refractivity contribution >= 4 is 11.7 Å². The van der Waals surface area contributed by atoms with Crippen LogP contribution in [0.2, 0.25) is 0 Å². The number of morpholine rings is 1. The number of imidazole rings is 1. The van der Waals surface area contributed by atoms with Gasteiger partial charge in [-0.15, -0.1) is 10.2 Å². The zero-order chi connectivity index (χ0) is 27.2. The maximum Gasteiger partial charge on any atom is 0.410 e. The van der Waals surface area contributed by atoms with E-state index in [0.717, 1.165) is 17.7 Å². The lowest BCUT2D eigenvalue weighted by Gasteiger charge is -2.34. The Morgan fingerprint density at radius 1 is 1.16 bits per heavy atom. The number of hydrogen-bond acceptors (Lipinski definition) is 7. The summed E-state index contributed by atoms with van der Waals surface area (Å²) < 4.78 is 49.6. The SMILES string of the molecule is Cc1ccn2c(C[C@H]3CN(C(=O)OC(C)(C)C)CCO3)c(-c3c(F)cc(-c4nnc(C)o4)cc3F)nc2c1. The first kappa shape index (κ1) is 25.8. The van der Waals surface area contributed by atoms with Gasteiger partial charge in [0.05, 0.1) is 36.2 Å². The van der Waals surface area contributed by atoms with Crippen LogP contribution in [-0.4, -0.2) is 62.0 Å². The quantitative estimate of drug-likeness (QED) is 0.365. The molecule has 1 aliphatic rings. The molecule has 1 saturated heterocycles. The fourth-order valence-electron chi connectivity index (χ4n) is 4.48. The van der Waals surface area contributed by atoms with Gasteiger partial charge in [-0.1, -0.05) is 0 Å². The van der Waals surface area contributed by atoms with Crippen LogP contribution >= 0.6 is 0 Å². The van der Waals surface area contributed by atoms with Crippen molar-refractivity contribution < 1.29 is 27.5 Å². The smallest absolute Gasteiger partial charge is 0.410 e. The number of carbonyl (C=O) groups is 1. The van der Waals surface area contributed by atoms with E-state index in [-0.39, 0.29) is 41.6 Å². The number of hydrogen-bond donors (Lipinski definition) is 0. The minimum atomic E-state index is -0.808. The van der Waals surface area contributed by atoms with Crippen molar-refractivity contribution in [2.24, 2.45) is 0 Å². The van der Waals surface area contributed by atoms with E-state index in [9.17, 15) is 4.79 Å². The molecule has 0 bridgehead atoms. The number of fused-ring (bicyclic) bond motifs is 1. The number of carbonyl (C=O) groups excluding carboxylic acids is 1. The molecule has 0 aliphatic carbocycles. The van der Waals surface area contributed by atoms with Gasteiger partial charge in [-0.25, -0.2) is 18.6 Å². The summed E-state index contributed by atoms with van der Waals surface area (Å²) in [5.74, 6) is -1.30. The highest BCUT2D eigenvalue weighted by Gasteiger charge is 2.31. The lowest BCUT2D eigenvalue weighted by atomic mass is 10.0. The molecular weight excluding hydrogens is 496 g/mol. The van der Waals surface area contributed by atoms with Gasteiger partial charge in [0.2, 0.25) is 11.8 Å². The number of amides is 1. The van der Waals surface area contributed by atoms with E-state index in [1.165, 1.54) is 0 Å². The molecule has 0 N–H and O–H groups in total. The van der Waals surface area contributed by atoms with Crippen molar-refractivity contribution in [1.29, 1.82) is 0 Å². The molecule has 0 unspecified atom stereocenters. The predicted octanol–water partition coefficient (Wildman–Crippen LogP) is 5.12. The normalized spacial score (nSPS) is 16.3. The predicted molar refractivity (Wildman–Crippen MR) is 135 cm³/mol. The molecular formula is C27H29F2N5O4. The standard InChI is InChI=1S/C27H29F2N5O4/c1-15-6-7-34-21(13-18-14-33(8-9-36-18)26(35)38-27(3,4)5)24(30-22(34)10-15)23-19(28)11-17(12-20(23)29)25-32-31-16(2)37-25/h6-7,10-12,18H,8-9,13-14H2,1-5H3/t18-/m0/s1. The Balaban J connectivity index is 1.52. The summed E-state index contributed by atoms with van der Waals surface area (Å²) in [5, 5.41) is 7.58. The highest BCUT2D eigenvalue weighted by Crippen LogP contribution is 2.34. The Morgan fingerprint density at radius 2 is 1.89 bits per heavy atom. The molecule has 4 aromatic rings. The van der Waals surface area contributed by atoms with Gasteiger partial charge in [-0.3, -0.25) is 0 Å². The van der Waals surface area contributed by atoms with Crippen LogP contribution in [0.25, 0.3) is 28.4 Å². The molecule has 0 saturated carbocycles. The van der Waals surface area contributed by atoms with Gasteiger partial charge in [-0.2, -0.15) is 0 Å². The molecule has 200 valence electrons. The lowest BCUT2D eigenvalue weighted by Crippen LogP contribution is -2.48. The molecule has 3 aromatic heterocycles. The van der Waals surface area contributed by atoms with Crippen molar-refractivity contribution in [3.05, 3.63) is 59.2 Å². The monoisotopic (exact) mass is 525 g/mol. The third-order valence-electron chi connectivity index (χ3n) is 6.14. The summed E-state index contributed by atoms with van der Waals surface area (Å²) in [7, 11) is 0. The summed E-state index contributed by atoms with van der Waals surface area (Å²) in [5.41, 5.74) is 1.47. The molecule has 0 radical (unpaired) electrons. The van der Waals surface area contributed by atoms with Gasteiger partial charge in [0.1, 0.15) is 22.9 Å². The van der Waals surface area contributed by atoms with E-state index in [2.05, 4.69) is 15.2 Å². The van der Waals surface area contributed by atoms with E-state index in [1.54, 1.807) is 16.2 Å². The summed E-state index contributed by atoms with van der Waals surface area (Å²) in [6.07, 6.45) is 1.23. The van der Waals surface area contributed by atoms with Crippen LogP contribution in [0.15, 0.2) is 34.9 Å². The fraction of sp³-hybridized carbons (Fsp3) is 0.407. The molecule has 1 atom stereocenters. The van der Waals surface area contributed by atoms with Crippen molar-refractivity contribution in [3.63, 3.8) is 0 Å². The molecule has 4 heterocycles. The third-order valence-corrected chi connectivity index (χ3v) is 6.14. The summed E-state index contributed by atoms with van der Waals surface area (Å²) >= 11 is 0. The van der Waals surface area contributed by atoms with Crippen LogP contribution in [0, 0.1) is 25.5 Å². The van der Waals surface area contributed by atoms with Crippen LogP contribution in [0.1, 0.15) is 37.9 Å². The number of aryl methyl sites for hydroxylation is 2. The number of ether oxygens (including phenoxy) is 2. The summed E-state index contributed by atoms with van der Waals surface area (Å²) in [6, 6.07) is 6.05. The van der Waals surface area contributed by atoms with Crippen molar-refractivity contribution in [2.75, 3.05) is 19.7 Å². The highest BCUT2D eigenvalue weighted by molar-refractivity contribution is 5.71. The average molecular weight is 526 g/mol. The topological polar surface area (TPSA) is 95.0 Å². The Morgan fingerprint density at radius 3 is 2.55 bits per heavy atom. The van der Waals surface area contributed by atoms with E-state index in [0.29, 0.717) is 24.5 Å². The highest BCUT2D eigenvalue weighted by atomic mass is 19.1. The van der Waals surface area contributed by atoms with Gasteiger partial charge >= 0.3 is 6.09 Å². The Kier molecular flexibility index (Phi) is 6.64. The van der Waals surface area contributed by atoms with Crippen molar-refractivity contribution in [2.45, 2.75) is 52.7 Å². The second-order valence-electron chi connectivity index (χ2n) is 10.4. The van der Waals surface area contributed by atoms with Crippen LogP contribution in [0.3, 0.4) is 0 Å². The number of halogens is 2. The zero-order valence-corrected chi connectivity index (χ0v) is 21.9. The summed E-state index contributed by atoms with van der Waals surface area (Å²) in [6.45, 7) is 9.92. The van der Waals surface area contributed by atoms with E-state index >= 15 is 8.78 Å². The van der Waals surface area contributed by atoms with Gasteiger partial charge in [0.15, 0.2) is 0 Å². The van der Waals surface area contributed by atoms with E-state index in [1.807, 2.05) is 46.0 Å². The first-order valence-electron chi connectivity index (χ1n) is 12.4. The lowest BCUT2D eigenvalue weighted by molar-refractivity contribution is -0.0418. The molecule has 9 nitrogen and oxygen atoms in total. The number of rotatable bonds is 4. The maximum atomic E-state index is 15.5. The molecule has 1 fully saturated rings. The maximum absolute atomic E-state index is 15.5. The van der Waals surface area contributed by atoms with E-state index < -0.39 is 29.4 Å². The van der Waals surface area contributed by atoms with Crippen LogP contribution < -0.4 is 0 Å². The third kappa shape index (κ3) is 5.24. The fourth-order valence-corrected chi connectivity index (χ4v) is 4.48. The number of benzene rings is 1. The van der Waals surface area contributed by atoms with Crippen LogP contribution in [-0.2, 0) is 15.9 Å². The molecule has 11 heteroatoms. The first-order valence-corrected chi connectivity index (χ1v) is 12.4. The minimum Gasteiger partial charge on any atom is -0.444 e. The molecule has 1 aromatic carbocycles. The van der Waals surface area contributed by atoms with Gasteiger partial charge in [0.25, 0.3) is 0 Å². The Hall–Kier alpha value is -3.86. The minimum absolute atomic E-state index is 0.0236. The first-order chi connectivity index (χ1) is 18.0. The number of aromatic nitrogens is 4. The average Bonchev–Trinajstić information content (AvgIpc) is 3.41. The van der Waals surface area contributed by atoms with Gasteiger partial charge in [0, 0.05) is 31.6 Å². The zero-order valence-electron chi connectivity index (χ0n) is 21.9. The van der Waals surface area contributed by atoms with E-state index in [4.69, 9.17) is 13.9 Å².